The molecule has 8 heteroatoms. The van der Waals surface area contributed by atoms with E-state index in [0.717, 1.165) is 126 Å². The van der Waals surface area contributed by atoms with Gasteiger partial charge in [-0.15, -0.1) is 0 Å². The molecule has 2 saturated heterocycles. The van der Waals surface area contributed by atoms with Gasteiger partial charge in [0.1, 0.15) is 12.4 Å². The average molecular weight is 801 g/mol. The maximum absolute atomic E-state index is 13.4. The molecule has 0 amide bonds. The van der Waals surface area contributed by atoms with Crippen LogP contribution in [0.3, 0.4) is 0 Å². The molecule has 2 fully saturated rings. The first kappa shape index (κ1) is 40.4. The van der Waals surface area contributed by atoms with E-state index in [0.29, 0.717) is 29.6 Å². The van der Waals surface area contributed by atoms with Gasteiger partial charge in [0, 0.05) is 30.0 Å². The third-order valence-electron chi connectivity index (χ3n) is 13.5. The second-order valence-electron chi connectivity index (χ2n) is 18.9. The molecule has 4 aromatic rings. The molecular formula is C51H60O8. The fourth-order valence-electron chi connectivity index (χ4n) is 9.76. The van der Waals surface area contributed by atoms with Crippen molar-refractivity contribution in [1.29, 1.82) is 0 Å². The Balaban J connectivity index is 0.730. The molecule has 5 aliphatic rings. The number of aryl methyl sites for hydroxylation is 2. The largest absolute Gasteiger partial charge is 0.423 e. The first-order chi connectivity index (χ1) is 28.7. The van der Waals surface area contributed by atoms with Crippen molar-refractivity contribution >= 4 is 5.97 Å². The number of fused-ring (bicyclic) bond motifs is 5. The minimum Gasteiger partial charge on any atom is -0.423 e. The van der Waals surface area contributed by atoms with Gasteiger partial charge in [0.15, 0.2) is 5.75 Å². The third kappa shape index (κ3) is 9.33. The number of carbonyl (C=O) groups is 1. The minimum atomic E-state index is -0.322. The van der Waals surface area contributed by atoms with Crippen molar-refractivity contribution in [2.24, 2.45) is 22.7 Å². The molecular weight excluding hydrogens is 741 g/mol. The monoisotopic (exact) mass is 800 g/mol. The van der Waals surface area contributed by atoms with Crippen LogP contribution in [-0.2, 0) is 56.1 Å². The molecule has 2 aliphatic heterocycles. The summed E-state index contributed by atoms with van der Waals surface area (Å²) in [5.41, 5.74) is 12.3. The Labute approximate surface area is 349 Å². The zero-order chi connectivity index (χ0) is 40.4. The van der Waals surface area contributed by atoms with Crippen LogP contribution in [0.25, 0.3) is 11.1 Å². The molecule has 2 heterocycles. The van der Waals surface area contributed by atoms with Crippen molar-refractivity contribution in [2.45, 2.75) is 91.1 Å². The van der Waals surface area contributed by atoms with Gasteiger partial charge in [-0.3, -0.25) is 0 Å². The number of rotatable bonds is 17. The highest BCUT2D eigenvalue weighted by atomic mass is 17.2. The van der Waals surface area contributed by atoms with Crippen molar-refractivity contribution in [3.8, 4) is 22.6 Å². The Kier molecular flexibility index (Phi) is 12.0. The van der Waals surface area contributed by atoms with Crippen molar-refractivity contribution in [2.75, 3.05) is 52.9 Å². The molecule has 312 valence electrons. The van der Waals surface area contributed by atoms with Crippen LogP contribution in [0.1, 0.15) is 108 Å². The van der Waals surface area contributed by atoms with E-state index in [1.807, 2.05) is 30.3 Å². The maximum Gasteiger partial charge on any atom is 0.343 e. The van der Waals surface area contributed by atoms with Crippen LogP contribution in [0.15, 0.2) is 72.8 Å². The van der Waals surface area contributed by atoms with E-state index in [-0.39, 0.29) is 22.7 Å². The average Bonchev–Trinajstić information content (AvgIpc) is 3.50. The molecule has 9 rings (SSSR count). The quantitative estimate of drug-likeness (QED) is 0.0343. The number of esters is 1. The van der Waals surface area contributed by atoms with Gasteiger partial charge in [-0.05, 0) is 156 Å². The molecule has 0 bridgehead atoms. The number of hydrogen-bond donors (Lipinski definition) is 0. The molecule has 0 saturated carbocycles. The Hall–Kier alpha value is -4.05. The summed E-state index contributed by atoms with van der Waals surface area (Å²) in [6.45, 7) is 13.5. The Morgan fingerprint density at radius 1 is 0.678 bits per heavy atom. The summed E-state index contributed by atoms with van der Waals surface area (Å²) >= 11 is 0. The molecule has 3 atom stereocenters. The predicted molar refractivity (Wildman–Crippen MR) is 227 cm³/mol. The van der Waals surface area contributed by atoms with Crippen molar-refractivity contribution in [1.82, 2.24) is 0 Å². The zero-order valence-corrected chi connectivity index (χ0v) is 35.2. The topological polar surface area (TPSA) is 81.7 Å². The maximum atomic E-state index is 13.4. The van der Waals surface area contributed by atoms with Gasteiger partial charge in [-0.1, -0.05) is 57.2 Å². The van der Waals surface area contributed by atoms with Crippen LogP contribution in [0.4, 0.5) is 0 Å². The number of ether oxygens (including phenoxy) is 5. The zero-order valence-electron chi connectivity index (χ0n) is 35.2. The summed E-state index contributed by atoms with van der Waals surface area (Å²) < 4.78 is 28.6. The van der Waals surface area contributed by atoms with E-state index in [1.54, 1.807) is 0 Å². The van der Waals surface area contributed by atoms with Crippen LogP contribution in [0.5, 0.6) is 11.5 Å². The molecule has 0 radical (unpaired) electrons. The van der Waals surface area contributed by atoms with Crippen molar-refractivity contribution in [3.63, 3.8) is 0 Å². The summed E-state index contributed by atoms with van der Waals surface area (Å²) in [4.78, 5) is 25.0. The summed E-state index contributed by atoms with van der Waals surface area (Å²) in [5.74, 6) is 2.36. The van der Waals surface area contributed by atoms with Crippen LogP contribution >= 0.6 is 0 Å². The standard InChI is InChI=1S/C51H60O8/c1-34-47-25-43(58-49(52)42-13-12-40-22-36(7-10-41(40)24-42)18-20-54-29-51(3)32-56-33-51)14-16-45(47)46-17-15-44(26-48(34)46)59-57-27-37-8-11-38-21-35(6-9-39(38)23-37)5-4-19-53-28-50(2)30-55-31-50/h8,11-17,23-26,34-36H,4-7,9-10,18-22,27-33H2,1-3H3. The highest BCUT2D eigenvalue weighted by Crippen LogP contribution is 2.47. The van der Waals surface area contributed by atoms with Gasteiger partial charge < -0.3 is 28.6 Å². The Morgan fingerprint density at radius 2 is 1.29 bits per heavy atom. The number of carbonyl (C=O) groups excluding carboxylic acids is 1. The van der Waals surface area contributed by atoms with E-state index in [2.05, 4.69) is 63.2 Å². The smallest absolute Gasteiger partial charge is 0.343 e. The summed E-state index contributed by atoms with van der Waals surface area (Å²) in [6.07, 6.45) is 9.99. The van der Waals surface area contributed by atoms with E-state index in [9.17, 15) is 4.79 Å². The summed E-state index contributed by atoms with van der Waals surface area (Å²) in [7, 11) is 0. The van der Waals surface area contributed by atoms with E-state index >= 15 is 0 Å². The van der Waals surface area contributed by atoms with Gasteiger partial charge in [0.05, 0.1) is 45.2 Å². The first-order valence-electron chi connectivity index (χ1n) is 22.0. The number of benzene rings is 4. The van der Waals surface area contributed by atoms with Gasteiger partial charge in [-0.2, -0.15) is 4.89 Å². The molecule has 3 aliphatic carbocycles. The number of hydrogen-bond acceptors (Lipinski definition) is 8. The highest BCUT2D eigenvalue weighted by molar-refractivity contribution is 5.91. The second-order valence-corrected chi connectivity index (χ2v) is 18.9. The first-order valence-corrected chi connectivity index (χ1v) is 22.0. The Bertz CT molecular complexity index is 2130. The molecule has 4 aromatic carbocycles. The fraction of sp³-hybridized carbons (Fsp3) is 0.510. The lowest BCUT2D eigenvalue weighted by atomic mass is 9.81. The third-order valence-corrected chi connectivity index (χ3v) is 13.5. The fourth-order valence-corrected chi connectivity index (χ4v) is 9.76. The van der Waals surface area contributed by atoms with E-state index in [4.69, 9.17) is 33.5 Å². The molecule has 0 N–H and O–H groups in total. The predicted octanol–water partition coefficient (Wildman–Crippen LogP) is 10.0. The van der Waals surface area contributed by atoms with Crippen LogP contribution < -0.4 is 9.62 Å². The van der Waals surface area contributed by atoms with Gasteiger partial charge in [0.2, 0.25) is 0 Å². The summed E-state index contributed by atoms with van der Waals surface area (Å²) in [6, 6.07) is 24.9. The van der Waals surface area contributed by atoms with E-state index in [1.165, 1.54) is 40.7 Å². The van der Waals surface area contributed by atoms with E-state index < -0.39 is 0 Å². The van der Waals surface area contributed by atoms with Gasteiger partial charge in [0.25, 0.3) is 0 Å². The lowest BCUT2D eigenvalue weighted by Gasteiger charge is -2.37. The highest BCUT2D eigenvalue weighted by Gasteiger charge is 2.34. The molecule has 59 heavy (non-hydrogen) atoms. The molecule has 0 spiro atoms. The second kappa shape index (κ2) is 17.5. The van der Waals surface area contributed by atoms with Gasteiger partial charge >= 0.3 is 5.97 Å². The minimum absolute atomic E-state index is 0.113. The summed E-state index contributed by atoms with van der Waals surface area (Å²) in [5, 5.41) is 0. The molecule has 0 aromatic heterocycles. The molecule has 3 unspecified atom stereocenters. The van der Waals surface area contributed by atoms with Gasteiger partial charge in [-0.25, -0.2) is 4.79 Å². The lowest BCUT2D eigenvalue weighted by Crippen LogP contribution is -2.43. The SMILES string of the molecule is CC1c2cc(OOCc3ccc4c(c3)CCC(CCCOCC3(C)COC3)C4)ccc2-c2ccc(OC(=O)c3ccc4c(c3)CCC(CCOCC3(C)COC3)C4)cc21. The van der Waals surface area contributed by atoms with Crippen LogP contribution in [0.2, 0.25) is 0 Å². The Morgan fingerprint density at radius 3 is 1.97 bits per heavy atom. The van der Waals surface area contributed by atoms with Crippen LogP contribution in [0, 0.1) is 22.7 Å². The van der Waals surface area contributed by atoms with Crippen molar-refractivity contribution < 1.29 is 38.3 Å². The normalized spacial score (nSPS) is 21.9. The van der Waals surface area contributed by atoms with Crippen LogP contribution in [-0.4, -0.2) is 58.8 Å². The van der Waals surface area contributed by atoms with Crippen molar-refractivity contribution in [3.05, 3.63) is 117 Å². The molecule has 8 nitrogen and oxygen atoms in total. The lowest BCUT2D eigenvalue weighted by molar-refractivity contribution is -0.217.